The van der Waals surface area contributed by atoms with Crippen molar-refractivity contribution in [2.75, 3.05) is 6.54 Å². The summed E-state index contributed by atoms with van der Waals surface area (Å²) in [5.74, 6) is -2.82. The Morgan fingerprint density at radius 2 is 1.17 bits per heavy atom. The van der Waals surface area contributed by atoms with Crippen molar-refractivity contribution in [1.82, 2.24) is 10.6 Å². The summed E-state index contributed by atoms with van der Waals surface area (Å²) in [5, 5.41) is 2.93. The fourth-order valence-corrected chi connectivity index (χ4v) is 6.76. The first kappa shape index (κ1) is 43.1. The number of amides is 1. The van der Waals surface area contributed by atoms with E-state index in [1.807, 2.05) is 72.8 Å². The second-order valence-corrected chi connectivity index (χ2v) is 16.9. The van der Waals surface area contributed by atoms with Gasteiger partial charge in [-0.1, -0.05) is 84.9 Å². The SMILES string of the molecule is CC(OC(=O)C(C)(C)C)C(NC(Cc1ccc(-c2ccccc2)cc1)C(=O)NCCC(=O)OCc1ccccc1)(C(C)OC(=O)C(C)(C)C)P(=O)(O)O. The first-order valence-corrected chi connectivity index (χ1v) is 19.1. The minimum Gasteiger partial charge on any atom is -0.461 e. The number of benzene rings is 3. The third-order valence-electron chi connectivity index (χ3n) is 8.61. The predicted octanol–water partition coefficient (Wildman–Crippen LogP) is 5.93. The molecule has 53 heavy (non-hydrogen) atoms. The zero-order chi connectivity index (χ0) is 39.6. The summed E-state index contributed by atoms with van der Waals surface area (Å²) in [5.41, 5.74) is 1.17. The van der Waals surface area contributed by atoms with E-state index in [2.05, 4.69) is 10.6 Å². The van der Waals surface area contributed by atoms with Gasteiger partial charge in [0.05, 0.1) is 23.3 Å². The summed E-state index contributed by atoms with van der Waals surface area (Å²) in [6, 6.07) is 24.6. The highest BCUT2D eigenvalue weighted by Crippen LogP contribution is 2.55. The Balaban J connectivity index is 2.01. The number of hydrogen-bond donors (Lipinski definition) is 4. The van der Waals surface area contributed by atoms with Crippen LogP contribution in [0.5, 0.6) is 0 Å². The quantitative estimate of drug-likeness (QED) is 0.0775. The molecule has 0 saturated carbocycles. The number of carbonyl (C=O) groups is 4. The van der Waals surface area contributed by atoms with E-state index < -0.39 is 65.8 Å². The summed E-state index contributed by atoms with van der Waals surface area (Å²) in [7, 11) is -5.48. The minimum absolute atomic E-state index is 0.0535. The van der Waals surface area contributed by atoms with Crippen LogP contribution in [0.4, 0.5) is 0 Å². The molecule has 0 bridgehead atoms. The number of carbonyl (C=O) groups excluding carboxylic acids is 4. The monoisotopic (exact) mass is 752 g/mol. The lowest BCUT2D eigenvalue weighted by atomic mass is 9.95. The number of hydrogen-bond acceptors (Lipinski definition) is 9. The minimum atomic E-state index is -5.48. The van der Waals surface area contributed by atoms with E-state index in [9.17, 15) is 33.5 Å². The highest BCUT2D eigenvalue weighted by molar-refractivity contribution is 7.53. The van der Waals surface area contributed by atoms with Gasteiger partial charge in [0.2, 0.25) is 5.91 Å². The smallest absolute Gasteiger partial charge is 0.353 e. The van der Waals surface area contributed by atoms with Gasteiger partial charge in [-0.05, 0) is 84.1 Å². The molecule has 0 aliphatic carbocycles. The first-order chi connectivity index (χ1) is 24.6. The fourth-order valence-electron chi connectivity index (χ4n) is 5.39. The van der Waals surface area contributed by atoms with E-state index in [1.54, 1.807) is 53.7 Å². The summed E-state index contributed by atoms with van der Waals surface area (Å²) in [6.45, 7) is 12.0. The molecule has 3 aromatic carbocycles. The van der Waals surface area contributed by atoms with Crippen molar-refractivity contribution in [3.05, 3.63) is 96.1 Å². The molecule has 0 heterocycles. The van der Waals surface area contributed by atoms with Crippen molar-refractivity contribution >= 4 is 31.4 Å². The average Bonchev–Trinajstić information content (AvgIpc) is 3.08. The molecule has 1 amide bonds. The highest BCUT2D eigenvalue weighted by atomic mass is 31.2. The summed E-state index contributed by atoms with van der Waals surface area (Å²) in [4.78, 5) is 75.1. The van der Waals surface area contributed by atoms with Gasteiger partial charge in [0.15, 0.2) is 5.28 Å². The van der Waals surface area contributed by atoms with Crippen LogP contribution in [0.15, 0.2) is 84.9 Å². The Morgan fingerprint density at radius 3 is 1.64 bits per heavy atom. The molecule has 288 valence electrons. The third kappa shape index (κ3) is 12.1. The molecule has 12 nitrogen and oxygen atoms in total. The van der Waals surface area contributed by atoms with Gasteiger partial charge < -0.3 is 29.3 Å². The Bertz CT molecular complexity index is 1690. The first-order valence-electron chi connectivity index (χ1n) is 17.5. The lowest BCUT2D eigenvalue weighted by molar-refractivity contribution is -0.170. The van der Waals surface area contributed by atoms with Gasteiger partial charge in [0.1, 0.15) is 18.8 Å². The molecule has 0 saturated heterocycles. The van der Waals surface area contributed by atoms with E-state index in [4.69, 9.17) is 14.2 Å². The van der Waals surface area contributed by atoms with Gasteiger partial charge in [-0.2, -0.15) is 0 Å². The molecule has 0 radical (unpaired) electrons. The van der Waals surface area contributed by atoms with Gasteiger partial charge >= 0.3 is 25.5 Å². The van der Waals surface area contributed by atoms with Gasteiger partial charge in [-0.25, -0.2) is 0 Å². The molecule has 0 spiro atoms. The molecule has 0 aliphatic rings. The van der Waals surface area contributed by atoms with Crippen molar-refractivity contribution in [2.45, 2.75) is 98.4 Å². The van der Waals surface area contributed by atoms with Crippen LogP contribution in [0.3, 0.4) is 0 Å². The lowest BCUT2D eigenvalue weighted by Gasteiger charge is -2.45. The molecule has 0 aliphatic heterocycles. The van der Waals surface area contributed by atoms with E-state index in [-0.39, 0.29) is 26.0 Å². The molecule has 13 heteroatoms. The number of nitrogens with one attached hydrogen (secondary N) is 2. The maximum absolute atomic E-state index is 14.0. The van der Waals surface area contributed by atoms with Gasteiger partial charge in [-0.3, -0.25) is 29.1 Å². The van der Waals surface area contributed by atoms with Crippen LogP contribution in [-0.2, 0) is 51.0 Å². The van der Waals surface area contributed by atoms with Crippen LogP contribution in [-0.4, -0.2) is 63.7 Å². The zero-order valence-electron chi connectivity index (χ0n) is 31.8. The molecule has 3 rings (SSSR count). The second-order valence-electron chi connectivity index (χ2n) is 15.1. The molecule has 3 unspecified atom stereocenters. The van der Waals surface area contributed by atoms with Crippen LogP contribution >= 0.6 is 7.60 Å². The van der Waals surface area contributed by atoms with E-state index in [0.717, 1.165) is 16.7 Å². The molecule has 3 aromatic rings. The van der Waals surface area contributed by atoms with E-state index in [0.29, 0.717) is 5.56 Å². The van der Waals surface area contributed by atoms with Gasteiger partial charge in [-0.15, -0.1) is 0 Å². The van der Waals surface area contributed by atoms with Crippen molar-refractivity contribution in [2.24, 2.45) is 10.8 Å². The van der Waals surface area contributed by atoms with Gasteiger partial charge in [0, 0.05) is 6.54 Å². The van der Waals surface area contributed by atoms with E-state index in [1.165, 1.54) is 13.8 Å². The highest BCUT2D eigenvalue weighted by Gasteiger charge is 2.60. The fraction of sp³-hybridized carbons (Fsp3) is 0.450. The van der Waals surface area contributed by atoms with E-state index >= 15 is 0 Å². The third-order valence-corrected chi connectivity index (χ3v) is 10.4. The van der Waals surface area contributed by atoms with Crippen molar-refractivity contribution in [1.29, 1.82) is 0 Å². The van der Waals surface area contributed by atoms with Crippen LogP contribution < -0.4 is 10.6 Å². The van der Waals surface area contributed by atoms with Crippen LogP contribution in [0, 0.1) is 10.8 Å². The standard InChI is InChI=1S/C40H53N2O10P/c1-27(51-36(45)38(3,4)5)40(53(47,48)49,28(2)52-37(46)39(6,7)8)42-33(25-29-19-21-32(22-20-29)31-17-13-10-14-18-31)35(44)41-24-23-34(43)50-26-30-15-11-9-12-16-30/h9-22,27-28,33,42H,23-26H2,1-8H3,(H,41,44)(H2,47,48,49). The summed E-state index contributed by atoms with van der Waals surface area (Å²) < 4.78 is 30.5. The number of esters is 3. The average molecular weight is 753 g/mol. The van der Waals surface area contributed by atoms with Gasteiger partial charge in [0.25, 0.3) is 0 Å². The predicted molar refractivity (Wildman–Crippen MR) is 201 cm³/mol. The molecule has 3 atom stereocenters. The summed E-state index contributed by atoms with van der Waals surface area (Å²) in [6.07, 6.45) is -3.52. The molecule has 0 aromatic heterocycles. The second kappa shape index (κ2) is 18.1. The largest absolute Gasteiger partial charge is 0.461 e. The molecular formula is C40H53N2O10P. The maximum atomic E-state index is 14.0. The summed E-state index contributed by atoms with van der Waals surface area (Å²) >= 11 is 0. The van der Waals surface area contributed by atoms with Crippen LogP contribution in [0.2, 0.25) is 0 Å². The van der Waals surface area contributed by atoms with Crippen molar-refractivity contribution in [3.63, 3.8) is 0 Å². The molecular weight excluding hydrogens is 699 g/mol. The number of ether oxygens (including phenoxy) is 3. The van der Waals surface area contributed by atoms with Crippen LogP contribution in [0.25, 0.3) is 11.1 Å². The maximum Gasteiger partial charge on any atom is 0.353 e. The lowest BCUT2D eigenvalue weighted by Crippen LogP contribution is -2.67. The Labute approximate surface area is 312 Å². The zero-order valence-corrected chi connectivity index (χ0v) is 32.6. The van der Waals surface area contributed by atoms with Crippen molar-refractivity contribution in [3.8, 4) is 11.1 Å². The topological polar surface area (TPSA) is 178 Å². The Kier molecular flexibility index (Phi) is 14.7. The number of rotatable bonds is 16. The molecule has 4 N–H and O–H groups in total. The molecule has 0 fully saturated rings. The Morgan fingerprint density at radius 1 is 0.698 bits per heavy atom. The Hall–Kier alpha value is -4.35. The van der Waals surface area contributed by atoms with Crippen molar-refractivity contribution < 1.29 is 47.7 Å². The normalized spacial score (nSPS) is 14.9. The van der Waals surface area contributed by atoms with Crippen LogP contribution in [0.1, 0.15) is 72.9 Å².